The van der Waals surface area contributed by atoms with Crippen molar-refractivity contribution in [1.29, 1.82) is 0 Å². The van der Waals surface area contributed by atoms with Crippen molar-refractivity contribution in [2.45, 2.75) is 32.1 Å². The van der Waals surface area contributed by atoms with Gasteiger partial charge in [0.2, 0.25) is 5.13 Å². The smallest absolute Gasteiger partial charge is 0.205 e. The largest absolute Gasteiger partial charge is 0.360 e. The van der Waals surface area contributed by atoms with Crippen LogP contribution in [-0.2, 0) is 6.54 Å². The van der Waals surface area contributed by atoms with Gasteiger partial charge < -0.3 is 5.32 Å². The van der Waals surface area contributed by atoms with Crippen LogP contribution in [0.5, 0.6) is 0 Å². The number of hydrogen-bond acceptors (Lipinski definition) is 6. The molecule has 96 valence electrons. The summed E-state index contributed by atoms with van der Waals surface area (Å²) >= 11 is 3.73. The zero-order valence-electron chi connectivity index (χ0n) is 10.7. The van der Waals surface area contributed by atoms with Gasteiger partial charge in [-0.05, 0) is 20.8 Å². The molecule has 0 amide bonds. The summed E-state index contributed by atoms with van der Waals surface area (Å²) in [7, 11) is 0. The van der Waals surface area contributed by atoms with Crippen LogP contribution in [0.1, 0.15) is 25.8 Å². The van der Waals surface area contributed by atoms with Gasteiger partial charge in [-0.2, -0.15) is 11.8 Å². The molecule has 1 saturated heterocycles. The Kier molecular flexibility index (Phi) is 4.27. The Labute approximate surface area is 111 Å². The molecule has 0 saturated carbocycles. The lowest BCUT2D eigenvalue weighted by molar-refractivity contribution is 0.251. The summed E-state index contributed by atoms with van der Waals surface area (Å²) < 4.78 is 0.368. The summed E-state index contributed by atoms with van der Waals surface area (Å²) in [6.45, 7) is 10.8. The lowest BCUT2D eigenvalue weighted by Gasteiger charge is -2.36. The van der Waals surface area contributed by atoms with Crippen molar-refractivity contribution in [3.05, 3.63) is 5.01 Å². The molecule has 1 aliphatic rings. The second-order valence-corrected chi connectivity index (χ2v) is 7.71. The van der Waals surface area contributed by atoms with Crippen LogP contribution in [-0.4, -0.2) is 45.2 Å². The molecule has 0 bridgehead atoms. The zero-order valence-corrected chi connectivity index (χ0v) is 12.3. The first kappa shape index (κ1) is 13.1. The van der Waals surface area contributed by atoms with Crippen LogP contribution in [0.4, 0.5) is 5.13 Å². The van der Waals surface area contributed by atoms with E-state index in [2.05, 4.69) is 52.9 Å². The highest BCUT2D eigenvalue weighted by Crippen LogP contribution is 2.30. The topological polar surface area (TPSA) is 41.1 Å². The van der Waals surface area contributed by atoms with E-state index in [0.717, 1.165) is 36.3 Å². The number of anilines is 1. The van der Waals surface area contributed by atoms with Crippen molar-refractivity contribution in [3.63, 3.8) is 0 Å². The molecule has 0 spiro atoms. The zero-order chi connectivity index (χ0) is 12.3. The van der Waals surface area contributed by atoms with Crippen molar-refractivity contribution in [3.8, 4) is 0 Å². The standard InChI is InChI=1S/C11H20N4S2/c1-4-12-10-14-13-9(17-10)7-15-5-6-16-11(2,3)8-15/h4-8H2,1-3H3,(H,12,14). The minimum absolute atomic E-state index is 0.368. The third kappa shape index (κ3) is 3.82. The van der Waals surface area contributed by atoms with Gasteiger partial charge in [-0.1, -0.05) is 11.3 Å². The van der Waals surface area contributed by atoms with Crippen LogP contribution < -0.4 is 5.32 Å². The molecule has 1 aromatic rings. The number of rotatable bonds is 4. The summed E-state index contributed by atoms with van der Waals surface area (Å²) in [5, 5.41) is 13.6. The Morgan fingerprint density at radius 1 is 1.41 bits per heavy atom. The van der Waals surface area contributed by atoms with E-state index in [1.54, 1.807) is 11.3 Å². The molecule has 0 atom stereocenters. The monoisotopic (exact) mass is 272 g/mol. The molecular formula is C11H20N4S2. The molecule has 1 fully saturated rings. The van der Waals surface area contributed by atoms with E-state index >= 15 is 0 Å². The minimum atomic E-state index is 0.368. The van der Waals surface area contributed by atoms with E-state index in [1.807, 2.05) is 0 Å². The average molecular weight is 272 g/mol. The van der Waals surface area contributed by atoms with E-state index in [-0.39, 0.29) is 0 Å². The lowest BCUT2D eigenvalue weighted by Crippen LogP contribution is -2.42. The van der Waals surface area contributed by atoms with Gasteiger partial charge in [-0.15, -0.1) is 10.2 Å². The summed E-state index contributed by atoms with van der Waals surface area (Å²) in [5.41, 5.74) is 0. The van der Waals surface area contributed by atoms with Gasteiger partial charge in [-0.3, -0.25) is 4.90 Å². The molecule has 4 nitrogen and oxygen atoms in total. The Balaban J connectivity index is 1.91. The quantitative estimate of drug-likeness (QED) is 0.911. The Bertz CT molecular complexity index is 364. The molecule has 2 rings (SSSR count). The van der Waals surface area contributed by atoms with Crippen molar-refractivity contribution >= 4 is 28.2 Å². The minimum Gasteiger partial charge on any atom is -0.360 e. The van der Waals surface area contributed by atoms with E-state index in [0.29, 0.717) is 4.75 Å². The summed E-state index contributed by atoms with van der Waals surface area (Å²) in [4.78, 5) is 2.48. The van der Waals surface area contributed by atoms with Crippen molar-refractivity contribution in [2.24, 2.45) is 0 Å². The third-order valence-corrected chi connectivity index (χ3v) is 4.82. The predicted octanol–water partition coefficient (Wildman–Crippen LogP) is 2.30. The molecular weight excluding hydrogens is 252 g/mol. The van der Waals surface area contributed by atoms with Gasteiger partial charge in [0, 0.05) is 30.1 Å². The van der Waals surface area contributed by atoms with Crippen molar-refractivity contribution < 1.29 is 0 Å². The van der Waals surface area contributed by atoms with Gasteiger partial charge in [0.25, 0.3) is 0 Å². The molecule has 2 heterocycles. The first-order chi connectivity index (χ1) is 8.09. The number of nitrogens with zero attached hydrogens (tertiary/aromatic N) is 3. The van der Waals surface area contributed by atoms with Crippen LogP contribution in [0, 0.1) is 0 Å². The fraction of sp³-hybridized carbons (Fsp3) is 0.818. The number of hydrogen-bond donors (Lipinski definition) is 1. The van der Waals surface area contributed by atoms with Gasteiger partial charge in [-0.25, -0.2) is 0 Å². The highest BCUT2D eigenvalue weighted by atomic mass is 32.2. The Hall–Kier alpha value is -0.330. The Morgan fingerprint density at radius 3 is 2.94 bits per heavy atom. The van der Waals surface area contributed by atoms with Crippen molar-refractivity contribution in [1.82, 2.24) is 15.1 Å². The van der Waals surface area contributed by atoms with Crippen LogP contribution >= 0.6 is 23.1 Å². The van der Waals surface area contributed by atoms with Crippen molar-refractivity contribution in [2.75, 3.05) is 30.7 Å². The van der Waals surface area contributed by atoms with Crippen LogP contribution in [0.2, 0.25) is 0 Å². The highest BCUT2D eigenvalue weighted by Gasteiger charge is 2.27. The molecule has 6 heteroatoms. The summed E-state index contributed by atoms with van der Waals surface area (Å²) in [5.74, 6) is 1.21. The highest BCUT2D eigenvalue weighted by molar-refractivity contribution is 8.00. The second kappa shape index (κ2) is 5.54. The molecule has 0 unspecified atom stereocenters. The number of nitrogens with one attached hydrogen (secondary N) is 1. The fourth-order valence-corrected chi connectivity index (χ4v) is 4.01. The van der Waals surface area contributed by atoms with Gasteiger partial charge >= 0.3 is 0 Å². The molecule has 1 aliphatic heterocycles. The first-order valence-electron chi connectivity index (χ1n) is 6.01. The summed E-state index contributed by atoms with van der Waals surface area (Å²) in [6.07, 6.45) is 0. The molecule has 0 aliphatic carbocycles. The van der Waals surface area contributed by atoms with Gasteiger partial charge in [0.1, 0.15) is 5.01 Å². The van der Waals surface area contributed by atoms with E-state index in [9.17, 15) is 0 Å². The fourth-order valence-electron chi connectivity index (χ4n) is 1.98. The van der Waals surface area contributed by atoms with Crippen LogP contribution in [0.25, 0.3) is 0 Å². The maximum absolute atomic E-state index is 4.23. The van der Waals surface area contributed by atoms with E-state index < -0.39 is 0 Å². The Morgan fingerprint density at radius 2 is 2.24 bits per heavy atom. The molecule has 17 heavy (non-hydrogen) atoms. The molecule has 0 aromatic carbocycles. The SMILES string of the molecule is CCNc1nnc(CN2CCSC(C)(C)C2)s1. The number of thioether (sulfide) groups is 1. The average Bonchev–Trinajstić information content (AvgIpc) is 2.64. The number of aromatic nitrogens is 2. The van der Waals surface area contributed by atoms with E-state index in [4.69, 9.17) is 0 Å². The molecule has 1 aromatic heterocycles. The molecule has 0 radical (unpaired) electrons. The molecule has 1 N–H and O–H groups in total. The van der Waals surface area contributed by atoms with E-state index in [1.165, 1.54) is 5.75 Å². The second-order valence-electron chi connectivity index (χ2n) is 4.85. The van der Waals surface area contributed by atoms with Gasteiger partial charge in [0.05, 0.1) is 6.54 Å². The van der Waals surface area contributed by atoms with Gasteiger partial charge in [0.15, 0.2) is 0 Å². The maximum atomic E-state index is 4.23. The first-order valence-corrected chi connectivity index (χ1v) is 7.82. The lowest BCUT2D eigenvalue weighted by atomic mass is 10.2. The predicted molar refractivity (Wildman–Crippen MR) is 75.9 cm³/mol. The summed E-state index contributed by atoms with van der Waals surface area (Å²) in [6, 6.07) is 0. The normalized spacial score (nSPS) is 20.4. The third-order valence-electron chi connectivity index (χ3n) is 2.66. The maximum Gasteiger partial charge on any atom is 0.205 e. The van der Waals surface area contributed by atoms with Crippen LogP contribution in [0.3, 0.4) is 0 Å². The van der Waals surface area contributed by atoms with Crippen LogP contribution in [0.15, 0.2) is 0 Å².